The molecule has 2 aromatic carbocycles. The number of benzene rings is 2. The first-order chi connectivity index (χ1) is 15.3. The summed E-state index contributed by atoms with van der Waals surface area (Å²) in [6.45, 7) is 8.72. The Labute approximate surface area is 193 Å². The molecule has 0 spiro atoms. The van der Waals surface area contributed by atoms with Crippen LogP contribution < -0.4 is 5.56 Å². The molecule has 4 rings (SSSR count). The molecule has 168 valence electrons. The second-order valence-electron chi connectivity index (χ2n) is 9.44. The van der Waals surface area contributed by atoms with Crippen molar-refractivity contribution in [1.82, 2.24) is 14.5 Å². The number of hydrogen-bond donors (Lipinski definition) is 0. The monoisotopic (exact) mass is 449 g/mol. The van der Waals surface area contributed by atoms with E-state index < -0.39 is 0 Å². The lowest BCUT2D eigenvalue weighted by molar-refractivity contribution is -0.127. The summed E-state index contributed by atoms with van der Waals surface area (Å²) in [6.07, 6.45) is 2.33. The summed E-state index contributed by atoms with van der Waals surface area (Å²) >= 11 is 1.60. The number of nitrogens with zero attached hydrogens (tertiary/aromatic N) is 3. The maximum atomic E-state index is 13.2. The molecule has 1 amide bonds. The maximum absolute atomic E-state index is 13.2. The van der Waals surface area contributed by atoms with Gasteiger partial charge in [0.25, 0.3) is 5.56 Å². The van der Waals surface area contributed by atoms with Gasteiger partial charge in [0.05, 0.1) is 10.9 Å². The van der Waals surface area contributed by atoms with E-state index in [4.69, 9.17) is 4.98 Å². The number of amides is 1. The summed E-state index contributed by atoms with van der Waals surface area (Å²) in [7, 11) is 0. The van der Waals surface area contributed by atoms with Gasteiger partial charge in [-0.1, -0.05) is 68.9 Å². The van der Waals surface area contributed by atoms with Crippen LogP contribution in [0.15, 0.2) is 58.5 Å². The van der Waals surface area contributed by atoms with E-state index in [9.17, 15) is 9.59 Å². The van der Waals surface area contributed by atoms with E-state index in [0.717, 1.165) is 35.8 Å². The van der Waals surface area contributed by atoms with Crippen molar-refractivity contribution < 1.29 is 4.79 Å². The molecule has 1 aliphatic rings. The van der Waals surface area contributed by atoms with Gasteiger partial charge in [-0.3, -0.25) is 14.2 Å². The number of carbonyl (C=O) groups excluding carboxylic acids is 1. The van der Waals surface area contributed by atoms with Crippen LogP contribution in [0.25, 0.3) is 10.9 Å². The van der Waals surface area contributed by atoms with Crippen LogP contribution in [-0.4, -0.2) is 33.4 Å². The molecule has 3 aromatic rings. The molecular weight excluding hydrogens is 418 g/mol. The minimum atomic E-state index is -0.00562. The highest BCUT2D eigenvalue weighted by atomic mass is 32.2. The zero-order chi connectivity index (χ0) is 22.7. The summed E-state index contributed by atoms with van der Waals surface area (Å²) in [5.41, 5.74) is 3.37. The normalized spacial score (nSPS) is 14.5. The van der Waals surface area contributed by atoms with Crippen LogP contribution in [0.1, 0.15) is 51.2 Å². The summed E-state index contributed by atoms with van der Waals surface area (Å²) < 4.78 is 1.79. The van der Waals surface area contributed by atoms with Crippen LogP contribution in [0.2, 0.25) is 0 Å². The summed E-state index contributed by atoms with van der Waals surface area (Å²) in [5.74, 6) is 0.974. The second-order valence-corrected chi connectivity index (χ2v) is 10.4. The Kier molecular flexibility index (Phi) is 6.70. The molecule has 0 radical (unpaired) electrons. The molecule has 0 aliphatic carbocycles. The predicted molar refractivity (Wildman–Crippen MR) is 131 cm³/mol. The summed E-state index contributed by atoms with van der Waals surface area (Å²) in [4.78, 5) is 31.9. The number of likely N-dealkylation sites (tertiary alicyclic amines) is 1. The Morgan fingerprint density at radius 1 is 1.00 bits per heavy atom. The van der Waals surface area contributed by atoms with Crippen LogP contribution in [0.4, 0.5) is 0 Å². The third kappa shape index (κ3) is 5.07. The zero-order valence-electron chi connectivity index (χ0n) is 19.1. The molecule has 5 nitrogen and oxygen atoms in total. The number of fused-ring (bicyclic) bond motifs is 1. The largest absolute Gasteiger partial charge is 0.343 e. The first-order valence-electron chi connectivity index (χ1n) is 11.3. The van der Waals surface area contributed by atoms with Gasteiger partial charge in [-0.25, -0.2) is 4.98 Å². The van der Waals surface area contributed by atoms with Crippen molar-refractivity contribution in [3.05, 3.63) is 70.0 Å². The summed E-state index contributed by atoms with van der Waals surface area (Å²) in [5, 5.41) is 1.38. The molecule has 32 heavy (non-hydrogen) atoms. The SMILES string of the molecule is CC(C)(C)c1ccc(CSc2nc3ccccc3c(=O)n2CCCN2CCCC2=O)cc1. The molecule has 6 heteroatoms. The van der Waals surface area contributed by atoms with Gasteiger partial charge in [0.2, 0.25) is 5.91 Å². The lowest BCUT2D eigenvalue weighted by Crippen LogP contribution is -2.29. The number of aromatic nitrogens is 2. The highest BCUT2D eigenvalue weighted by Gasteiger charge is 2.20. The van der Waals surface area contributed by atoms with Crippen molar-refractivity contribution in [2.75, 3.05) is 13.1 Å². The van der Waals surface area contributed by atoms with Crippen molar-refractivity contribution in [1.29, 1.82) is 0 Å². The Balaban J connectivity index is 1.54. The van der Waals surface area contributed by atoms with Gasteiger partial charge in [-0.05, 0) is 41.5 Å². The molecule has 0 saturated carbocycles. The van der Waals surface area contributed by atoms with Gasteiger partial charge in [0, 0.05) is 31.8 Å². The van der Waals surface area contributed by atoms with Gasteiger partial charge in [0.15, 0.2) is 5.16 Å². The molecule has 1 aliphatic heterocycles. The Morgan fingerprint density at radius 2 is 1.75 bits per heavy atom. The fraction of sp³-hybridized carbons (Fsp3) is 0.423. The Hall–Kier alpha value is -2.60. The molecule has 1 aromatic heterocycles. The van der Waals surface area contributed by atoms with Crippen molar-refractivity contribution in [2.24, 2.45) is 0 Å². The van der Waals surface area contributed by atoms with Crippen molar-refractivity contribution >= 4 is 28.6 Å². The quantitative estimate of drug-likeness (QED) is 0.376. The average molecular weight is 450 g/mol. The van der Waals surface area contributed by atoms with Gasteiger partial charge in [-0.2, -0.15) is 0 Å². The van der Waals surface area contributed by atoms with Crippen molar-refractivity contribution in [2.45, 2.75) is 62.9 Å². The smallest absolute Gasteiger partial charge is 0.262 e. The van der Waals surface area contributed by atoms with E-state index in [0.29, 0.717) is 24.9 Å². The van der Waals surface area contributed by atoms with Crippen LogP contribution in [-0.2, 0) is 22.5 Å². The van der Waals surface area contributed by atoms with Gasteiger partial charge >= 0.3 is 0 Å². The maximum Gasteiger partial charge on any atom is 0.262 e. The van der Waals surface area contributed by atoms with E-state index in [-0.39, 0.29) is 16.9 Å². The molecule has 0 N–H and O–H groups in total. The number of carbonyl (C=O) groups is 1. The fourth-order valence-corrected chi connectivity index (χ4v) is 5.05. The Bertz CT molecular complexity index is 1160. The van der Waals surface area contributed by atoms with Gasteiger partial charge < -0.3 is 4.90 Å². The van der Waals surface area contributed by atoms with Crippen LogP contribution in [0.5, 0.6) is 0 Å². The number of hydrogen-bond acceptors (Lipinski definition) is 4. The van der Waals surface area contributed by atoms with Crippen LogP contribution in [0.3, 0.4) is 0 Å². The molecule has 0 unspecified atom stereocenters. The minimum absolute atomic E-state index is 0.00562. The number of thioether (sulfide) groups is 1. The standard InChI is InChI=1S/C26H31N3O2S/c1-26(2,3)20-13-11-19(12-14-20)18-32-25-27-22-9-5-4-8-21(22)24(31)29(25)17-7-16-28-15-6-10-23(28)30/h4-5,8-9,11-14H,6-7,10,15-18H2,1-3H3. The molecule has 0 atom stereocenters. The zero-order valence-corrected chi connectivity index (χ0v) is 20.0. The predicted octanol–water partition coefficient (Wildman–Crippen LogP) is 5.00. The average Bonchev–Trinajstić information content (AvgIpc) is 3.18. The lowest BCUT2D eigenvalue weighted by Gasteiger charge is -2.19. The molecule has 0 bridgehead atoms. The summed E-state index contributed by atoms with van der Waals surface area (Å²) in [6, 6.07) is 16.2. The molecular formula is C26H31N3O2S. The van der Waals surface area contributed by atoms with Crippen LogP contribution >= 0.6 is 11.8 Å². The van der Waals surface area contributed by atoms with E-state index >= 15 is 0 Å². The fourth-order valence-electron chi connectivity index (χ4n) is 4.06. The molecule has 2 heterocycles. The third-order valence-corrected chi connectivity index (χ3v) is 7.04. The van der Waals surface area contributed by atoms with E-state index in [2.05, 4.69) is 45.0 Å². The highest BCUT2D eigenvalue weighted by molar-refractivity contribution is 7.98. The van der Waals surface area contributed by atoms with Gasteiger partial charge in [0.1, 0.15) is 0 Å². The lowest BCUT2D eigenvalue weighted by atomic mass is 9.87. The van der Waals surface area contributed by atoms with Gasteiger partial charge in [-0.15, -0.1) is 0 Å². The van der Waals surface area contributed by atoms with E-state index in [1.54, 1.807) is 16.3 Å². The second kappa shape index (κ2) is 9.49. The van der Waals surface area contributed by atoms with E-state index in [1.165, 1.54) is 11.1 Å². The highest BCUT2D eigenvalue weighted by Crippen LogP contribution is 2.26. The third-order valence-electron chi connectivity index (χ3n) is 6.00. The first-order valence-corrected chi connectivity index (χ1v) is 12.3. The van der Waals surface area contributed by atoms with Crippen molar-refractivity contribution in [3.63, 3.8) is 0 Å². The van der Waals surface area contributed by atoms with Crippen molar-refractivity contribution in [3.8, 4) is 0 Å². The minimum Gasteiger partial charge on any atom is -0.343 e. The topological polar surface area (TPSA) is 55.2 Å². The number of para-hydroxylation sites is 1. The molecule has 1 saturated heterocycles. The molecule has 1 fully saturated rings. The first kappa shape index (κ1) is 22.6. The number of rotatable bonds is 7. The van der Waals surface area contributed by atoms with Crippen LogP contribution in [0, 0.1) is 0 Å². The Morgan fingerprint density at radius 3 is 2.44 bits per heavy atom. The van der Waals surface area contributed by atoms with E-state index in [1.807, 2.05) is 29.2 Å².